The summed E-state index contributed by atoms with van der Waals surface area (Å²) in [7, 11) is 0. The SMILES string of the molecule is O=C(Cn1c(-c2cccs2)cc2cc(F)ccc21)NCCN1CCOCC1. The van der Waals surface area contributed by atoms with E-state index in [2.05, 4.69) is 10.2 Å². The van der Waals surface area contributed by atoms with Crippen LogP contribution >= 0.6 is 11.3 Å². The van der Waals surface area contributed by atoms with Crippen LogP contribution in [0.4, 0.5) is 4.39 Å². The number of fused-ring (bicyclic) bond motifs is 1. The summed E-state index contributed by atoms with van der Waals surface area (Å²) in [4.78, 5) is 15.9. The van der Waals surface area contributed by atoms with E-state index in [0.717, 1.165) is 54.3 Å². The fraction of sp³-hybridized carbons (Fsp3) is 0.350. The number of nitrogens with one attached hydrogen (secondary N) is 1. The number of halogens is 1. The average Bonchev–Trinajstić information content (AvgIpc) is 3.30. The number of hydrogen-bond acceptors (Lipinski definition) is 4. The summed E-state index contributed by atoms with van der Waals surface area (Å²) in [6.07, 6.45) is 0. The number of thiophene rings is 1. The molecule has 1 fully saturated rings. The van der Waals surface area contributed by atoms with E-state index < -0.39 is 0 Å². The third-order valence-corrected chi connectivity index (χ3v) is 5.69. The predicted octanol–water partition coefficient (Wildman–Crippen LogP) is 2.96. The zero-order valence-electron chi connectivity index (χ0n) is 15.0. The van der Waals surface area contributed by atoms with Gasteiger partial charge in [-0.25, -0.2) is 4.39 Å². The second-order valence-corrected chi connectivity index (χ2v) is 7.55. The number of amides is 1. The molecular weight excluding hydrogens is 365 g/mol. The number of carbonyl (C=O) groups is 1. The first kappa shape index (κ1) is 18.2. The highest BCUT2D eigenvalue weighted by Gasteiger charge is 2.15. The summed E-state index contributed by atoms with van der Waals surface area (Å²) in [5, 5.41) is 5.81. The van der Waals surface area contributed by atoms with Crippen molar-refractivity contribution < 1.29 is 13.9 Å². The van der Waals surface area contributed by atoms with E-state index in [1.165, 1.54) is 12.1 Å². The van der Waals surface area contributed by atoms with E-state index in [-0.39, 0.29) is 18.3 Å². The van der Waals surface area contributed by atoms with Gasteiger partial charge in [-0.1, -0.05) is 6.07 Å². The lowest BCUT2D eigenvalue weighted by Gasteiger charge is -2.26. The molecule has 0 saturated carbocycles. The van der Waals surface area contributed by atoms with E-state index in [4.69, 9.17) is 4.74 Å². The van der Waals surface area contributed by atoms with Crippen LogP contribution in [0.3, 0.4) is 0 Å². The first-order valence-electron chi connectivity index (χ1n) is 9.10. The maximum atomic E-state index is 13.6. The molecule has 0 radical (unpaired) electrons. The van der Waals surface area contributed by atoms with Crippen molar-refractivity contribution in [1.29, 1.82) is 0 Å². The molecule has 1 N–H and O–H groups in total. The largest absolute Gasteiger partial charge is 0.379 e. The first-order valence-corrected chi connectivity index (χ1v) is 9.98. The van der Waals surface area contributed by atoms with Gasteiger partial charge in [-0.05, 0) is 35.7 Å². The lowest BCUT2D eigenvalue weighted by Crippen LogP contribution is -2.41. The van der Waals surface area contributed by atoms with Crippen molar-refractivity contribution >= 4 is 28.1 Å². The molecule has 0 spiro atoms. The lowest BCUT2D eigenvalue weighted by molar-refractivity contribution is -0.121. The van der Waals surface area contributed by atoms with Crippen LogP contribution in [0.15, 0.2) is 41.8 Å². The molecule has 4 rings (SSSR count). The molecule has 0 aliphatic carbocycles. The van der Waals surface area contributed by atoms with Gasteiger partial charge in [0.25, 0.3) is 0 Å². The zero-order valence-corrected chi connectivity index (χ0v) is 15.8. The summed E-state index contributed by atoms with van der Waals surface area (Å²) < 4.78 is 20.9. The van der Waals surface area contributed by atoms with Crippen molar-refractivity contribution in [2.45, 2.75) is 6.54 Å². The molecular formula is C20H22FN3O2S. The van der Waals surface area contributed by atoms with Gasteiger partial charge in [-0.15, -0.1) is 11.3 Å². The minimum atomic E-state index is -0.271. The van der Waals surface area contributed by atoms with Crippen LogP contribution in [0, 0.1) is 5.82 Å². The number of benzene rings is 1. The molecule has 2 aromatic heterocycles. The fourth-order valence-electron chi connectivity index (χ4n) is 3.42. The standard InChI is InChI=1S/C20H22FN3O2S/c21-16-3-4-17-15(12-16)13-18(19-2-1-11-27-19)24(17)14-20(25)22-5-6-23-7-9-26-10-8-23/h1-4,11-13H,5-10,14H2,(H,22,25). The molecule has 5 nitrogen and oxygen atoms in total. The number of rotatable bonds is 6. The van der Waals surface area contributed by atoms with Crippen LogP contribution in [-0.4, -0.2) is 54.8 Å². The van der Waals surface area contributed by atoms with Gasteiger partial charge in [0.1, 0.15) is 12.4 Å². The Morgan fingerprint density at radius 2 is 2.07 bits per heavy atom. The molecule has 0 unspecified atom stereocenters. The van der Waals surface area contributed by atoms with Crippen molar-refractivity contribution in [3.05, 3.63) is 47.6 Å². The summed E-state index contributed by atoms with van der Waals surface area (Å²) in [5.41, 5.74) is 1.80. The van der Waals surface area contributed by atoms with E-state index in [0.29, 0.717) is 6.54 Å². The molecule has 0 atom stereocenters. The fourth-order valence-corrected chi connectivity index (χ4v) is 4.17. The zero-order chi connectivity index (χ0) is 18.6. The van der Waals surface area contributed by atoms with Gasteiger partial charge in [0, 0.05) is 37.1 Å². The van der Waals surface area contributed by atoms with Gasteiger partial charge in [-0.3, -0.25) is 9.69 Å². The Kier molecular flexibility index (Phi) is 5.52. The molecule has 1 aliphatic rings. The summed E-state index contributed by atoms with van der Waals surface area (Å²) in [5.74, 6) is -0.310. The molecule has 3 aromatic rings. The van der Waals surface area contributed by atoms with Crippen LogP contribution in [-0.2, 0) is 16.1 Å². The van der Waals surface area contributed by atoms with E-state index >= 15 is 0 Å². The molecule has 3 heterocycles. The highest BCUT2D eigenvalue weighted by atomic mass is 32.1. The van der Waals surface area contributed by atoms with Crippen molar-refractivity contribution in [2.24, 2.45) is 0 Å². The van der Waals surface area contributed by atoms with Gasteiger partial charge in [0.05, 0.1) is 23.8 Å². The summed E-state index contributed by atoms with van der Waals surface area (Å²) in [6, 6.07) is 10.6. The van der Waals surface area contributed by atoms with Crippen LogP contribution in [0.1, 0.15) is 0 Å². The third kappa shape index (κ3) is 4.21. The van der Waals surface area contributed by atoms with Gasteiger partial charge in [0.2, 0.25) is 5.91 Å². The number of aromatic nitrogens is 1. The summed E-state index contributed by atoms with van der Waals surface area (Å²) >= 11 is 1.61. The van der Waals surface area contributed by atoms with Crippen molar-refractivity contribution in [3.8, 4) is 10.6 Å². The Morgan fingerprint density at radius 3 is 2.85 bits per heavy atom. The predicted molar refractivity (Wildman–Crippen MR) is 105 cm³/mol. The average molecular weight is 387 g/mol. The number of morpholine rings is 1. The molecule has 1 amide bonds. The van der Waals surface area contributed by atoms with Gasteiger partial charge < -0.3 is 14.6 Å². The summed E-state index contributed by atoms with van der Waals surface area (Å²) in [6.45, 7) is 4.98. The smallest absolute Gasteiger partial charge is 0.240 e. The highest BCUT2D eigenvalue weighted by Crippen LogP contribution is 2.31. The Bertz CT molecular complexity index is 917. The minimum absolute atomic E-state index is 0.0390. The number of ether oxygens (including phenoxy) is 1. The monoisotopic (exact) mass is 387 g/mol. The number of nitrogens with zero attached hydrogens (tertiary/aromatic N) is 2. The van der Waals surface area contributed by atoms with Crippen molar-refractivity contribution in [3.63, 3.8) is 0 Å². The Labute approximate surface area is 161 Å². The number of carbonyl (C=O) groups excluding carboxylic acids is 1. The maximum Gasteiger partial charge on any atom is 0.240 e. The van der Waals surface area contributed by atoms with Crippen LogP contribution < -0.4 is 5.32 Å². The molecule has 0 bridgehead atoms. The quantitative estimate of drug-likeness (QED) is 0.707. The lowest BCUT2D eigenvalue weighted by atomic mass is 10.2. The molecule has 142 valence electrons. The van der Waals surface area contributed by atoms with Gasteiger partial charge in [0.15, 0.2) is 0 Å². The maximum absolute atomic E-state index is 13.6. The molecule has 27 heavy (non-hydrogen) atoms. The Balaban J connectivity index is 1.48. The molecule has 1 saturated heterocycles. The van der Waals surface area contributed by atoms with Crippen LogP contribution in [0.2, 0.25) is 0 Å². The van der Waals surface area contributed by atoms with E-state index in [1.807, 2.05) is 28.1 Å². The first-order chi connectivity index (χ1) is 13.2. The highest BCUT2D eigenvalue weighted by molar-refractivity contribution is 7.13. The molecule has 1 aliphatic heterocycles. The van der Waals surface area contributed by atoms with E-state index in [9.17, 15) is 9.18 Å². The second-order valence-electron chi connectivity index (χ2n) is 6.60. The Hall–Kier alpha value is -2.22. The normalized spacial score (nSPS) is 15.3. The second kappa shape index (κ2) is 8.21. The van der Waals surface area contributed by atoms with Crippen LogP contribution in [0.25, 0.3) is 21.5 Å². The van der Waals surface area contributed by atoms with Gasteiger partial charge in [-0.2, -0.15) is 0 Å². The minimum Gasteiger partial charge on any atom is -0.379 e. The topological polar surface area (TPSA) is 46.5 Å². The molecule has 1 aromatic carbocycles. The van der Waals surface area contributed by atoms with Gasteiger partial charge >= 0.3 is 0 Å². The van der Waals surface area contributed by atoms with E-state index in [1.54, 1.807) is 17.4 Å². The van der Waals surface area contributed by atoms with Crippen molar-refractivity contribution in [1.82, 2.24) is 14.8 Å². The third-order valence-electron chi connectivity index (χ3n) is 4.79. The molecule has 7 heteroatoms. The number of hydrogen-bond donors (Lipinski definition) is 1. The van der Waals surface area contributed by atoms with Crippen molar-refractivity contribution in [2.75, 3.05) is 39.4 Å². The Morgan fingerprint density at radius 1 is 1.22 bits per heavy atom. The van der Waals surface area contributed by atoms with Crippen LogP contribution in [0.5, 0.6) is 0 Å².